The molecule has 1 atom stereocenters. The Kier molecular flexibility index (Phi) is 4.35. The summed E-state index contributed by atoms with van der Waals surface area (Å²) in [6, 6.07) is 5.52. The number of halogens is 4. The number of aliphatic hydroxyl groups is 1. The molecule has 2 aromatic carbocycles. The van der Waals surface area contributed by atoms with Gasteiger partial charge < -0.3 is 9.84 Å². The zero-order valence-corrected chi connectivity index (χ0v) is 11.9. The molecule has 2 nitrogen and oxygen atoms in total. The second-order valence-electron chi connectivity index (χ2n) is 4.05. The molecule has 0 radical (unpaired) electrons. The van der Waals surface area contributed by atoms with E-state index in [0.29, 0.717) is 0 Å². The highest BCUT2D eigenvalue weighted by molar-refractivity contribution is 9.10. The van der Waals surface area contributed by atoms with E-state index >= 15 is 0 Å². The quantitative estimate of drug-likeness (QED) is 0.911. The van der Waals surface area contributed by atoms with E-state index in [4.69, 9.17) is 4.74 Å². The maximum absolute atomic E-state index is 13.7. The van der Waals surface area contributed by atoms with Crippen LogP contribution < -0.4 is 4.74 Å². The van der Waals surface area contributed by atoms with Crippen LogP contribution in [0.15, 0.2) is 34.8 Å². The van der Waals surface area contributed by atoms with Crippen molar-refractivity contribution in [3.05, 3.63) is 63.4 Å². The minimum Gasteiger partial charge on any atom is -0.496 e. The van der Waals surface area contributed by atoms with Gasteiger partial charge in [0.05, 0.1) is 17.1 Å². The van der Waals surface area contributed by atoms with Crippen molar-refractivity contribution < 1.29 is 23.0 Å². The third-order valence-corrected chi connectivity index (χ3v) is 3.45. The Morgan fingerprint density at radius 3 is 2.25 bits per heavy atom. The molecule has 0 saturated heterocycles. The smallest absolute Gasteiger partial charge is 0.141 e. The highest BCUT2D eigenvalue weighted by Crippen LogP contribution is 2.35. The molecule has 0 saturated carbocycles. The van der Waals surface area contributed by atoms with Crippen LogP contribution >= 0.6 is 15.9 Å². The molecule has 0 bridgehead atoms. The van der Waals surface area contributed by atoms with Crippen molar-refractivity contribution in [3.8, 4) is 5.75 Å². The Morgan fingerprint density at radius 2 is 1.70 bits per heavy atom. The van der Waals surface area contributed by atoms with Crippen LogP contribution in [-0.4, -0.2) is 12.2 Å². The Hall–Kier alpha value is -1.53. The van der Waals surface area contributed by atoms with E-state index in [-0.39, 0.29) is 15.8 Å². The predicted octanol–water partition coefficient (Wildman–Crippen LogP) is 3.96. The molecular weight excluding hydrogens is 337 g/mol. The van der Waals surface area contributed by atoms with Crippen molar-refractivity contribution in [3.63, 3.8) is 0 Å². The topological polar surface area (TPSA) is 29.5 Å². The fourth-order valence-electron chi connectivity index (χ4n) is 1.86. The summed E-state index contributed by atoms with van der Waals surface area (Å²) in [5, 5.41) is 10.2. The highest BCUT2D eigenvalue weighted by Gasteiger charge is 2.23. The molecular formula is C14H10BrF3O2. The number of aliphatic hydroxyl groups excluding tert-OH is 1. The molecule has 0 amide bonds. The fraction of sp³-hybridized carbons (Fsp3) is 0.143. The number of rotatable bonds is 3. The van der Waals surface area contributed by atoms with Crippen LogP contribution in [0, 0.1) is 17.5 Å². The maximum Gasteiger partial charge on any atom is 0.141 e. The lowest BCUT2D eigenvalue weighted by molar-refractivity contribution is 0.203. The first-order valence-electron chi connectivity index (χ1n) is 5.60. The summed E-state index contributed by atoms with van der Waals surface area (Å²) in [7, 11) is 1.27. The molecule has 0 heterocycles. The molecule has 106 valence electrons. The largest absolute Gasteiger partial charge is 0.496 e. The lowest BCUT2D eigenvalue weighted by Gasteiger charge is -2.17. The summed E-state index contributed by atoms with van der Waals surface area (Å²) in [5.74, 6) is -2.38. The third kappa shape index (κ3) is 2.66. The predicted molar refractivity (Wildman–Crippen MR) is 71.1 cm³/mol. The second kappa shape index (κ2) is 5.85. The molecule has 2 aromatic rings. The van der Waals surface area contributed by atoms with Crippen LogP contribution in [0.5, 0.6) is 5.75 Å². The molecule has 1 N–H and O–H groups in total. The van der Waals surface area contributed by atoms with Crippen LogP contribution in [0.1, 0.15) is 17.2 Å². The van der Waals surface area contributed by atoms with Crippen LogP contribution in [0.2, 0.25) is 0 Å². The minimum atomic E-state index is -1.61. The molecule has 0 spiro atoms. The van der Waals surface area contributed by atoms with E-state index in [1.54, 1.807) is 0 Å². The number of hydrogen-bond donors (Lipinski definition) is 1. The molecule has 20 heavy (non-hydrogen) atoms. The maximum atomic E-state index is 13.7. The first kappa shape index (κ1) is 14.9. The average Bonchev–Trinajstić information content (AvgIpc) is 2.41. The van der Waals surface area contributed by atoms with Gasteiger partial charge in [0.1, 0.15) is 29.3 Å². The van der Waals surface area contributed by atoms with Crippen molar-refractivity contribution in [2.45, 2.75) is 6.10 Å². The summed E-state index contributed by atoms with van der Waals surface area (Å²) in [4.78, 5) is 0. The van der Waals surface area contributed by atoms with Gasteiger partial charge >= 0.3 is 0 Å². The minimum absolute atomic E-state index is 0.000790. The lowest BCUT2D eigenvalue weighted by atomic mass is 9.99. The molecule has 0 aliphatic carbocycles. The number of benzene rings is 2. The summed E-state index contributed by atoms with van der Waals surface area (Å²) in [5.41, 5.74) is -0.450. The van der Waals surface area contributed by atoms with E-state index in [2.05, 4.69) is 15.9 Å². The molecule has 0 fully saturated rings. The first-order valence-corrected chi connectivity index (χ1v) is 6.40. The van der Waals surface area contributed by atoms with Crippen molar-refractivity contribution in [2.75, 3.05) is 7.11 Å². The molecule has 0 aliphatic rings. The SMILES string of the molecule is COc1cc(F)c(Br)cc1C(O)c1c(F)cccc1F. The van der Waals surface area contributed by atoms with E-state index < -0.39 is 29.1 Å². The number of methoxy groups -OCH3 is 1. The van der Waals surface area contributed by atoms with Crippen molar-refractivity contribution in [2.24, 2.45) is 0 Å². The third-order valence-electron chi connectivity index (χ3n) is 2.84. The first-order chi connectivity index (χ1) is 9.45. The normalized spacial score (nSPS) is 12.3. The Morgan fingerprint density at radius 1 is 1.10 bits per heavy atom. The fourth-order valence-corrected chi connectivity index (χ4v) is 2.22. The molecule has 0 aromatic heterocycles. The van der Waals surface area contributed by atoms with Gasteiger partial charge in [0.15, 0.2) is 0 Å². The Bertz CT molecular complexity index is 626. The summed E-state index contributed by atoms with van der Waals surface area (Å²) in [6.45, 7) is 0. The second-order valence-corrected chi connectivity index (χ2v) is 4.90. The van der Waals surface area contributed by atoms with Crippen molar-refractivity contribution in [1.29, 1.82) is 0 Å². The summed E-state index contributed by atoms with van der Waals surface area (Å²) in [6.07, 6.45) is -1.61. The number of hydrogen-bond acceptors (Lipinski definition) is 2. The lowest BCUT2D eigenvalue weighted by Crippen LogP contribution is -2.08. The molecule has 1 unspecified atom stereocenters. The van der Waals surface area contributed by atoms with Gasteiger partial charge in [-0.15, -0.1) is 0 Å². The summed E-state index contributed by atoms with van der Waals surface area (Å²) >= 11 is 2.96. The van der Waals surface area contributed by atoms with Crippen LogP contribution in [-0.2, 0) is 0 Å². The van der Waals surface area contributed by atoms with Gasteiger partial charge in [0.25, 0.3) is 0 Å². The Balaban J connectivity index is 2.59. The zero-order chi connectivity index (χ0) is 14.9. The van der Waals surface area contributed by atoms with E-state index in [1.807, 2.05) is 0 Å². The van der Waals surface area contributed by atoms with Crippen molar-refractivity contribution in [1.82, 2.24) is 0 Å². The van der Waals surface area contributed by atoms with Gasteiger partial charge in [-0.05, 0) is 34.1 Å². The molecule has 2 rings (SSSR count). The molecule has 6 heteroatoms. The van der Waals surface area contributed by atoms with E-state index in [1.165, 1.54) is 19.2 Å². The van der Waals surface area contributed by atoms with Crippen LogP contribution in [0.25, 0.3) is 0 Å². The monoisotopic (exact) mass is 346 g/mol. The zero-order valence-electron chi connectivity index (χ0n) is 10.3. The number of ether oxygens (including phenoxy) is 1. The molecule has 0 aliphatic heterocycles. The van der Waals surface area contributed by atoms with Crippen LogP contribution in [0.4, 0.5) is 13.2 Å². The highest BCUT2D eigenvalue weighted by atomic mass is 79.9. The van der Waals surface area contributed by atoms with Crippen LogP contribution in [0.3, 0.4) is 0 Å². The van der Waals surface area contributed by atoms with Gasteiger partial charge in [-0.2, -0.15) is 0 Å². The average molecular weight is 347 g/mol. The van der Waals surface area contributed by atoms with E-state index in [0.717, 1.165) is 18.2 Å². The van der Waals surface area contributed by atoms with Gasteiger partial charge in [0, 0.05) is 11.6 Å². The van der Waals surface area contributed by atoms with Crippen molar-refractivity contribution >= 4 is 15.9 Å². The van der Waals surface area contributed by atoms with Gasteiger partial charge in [-0.25, -0.2) is 13.2 Å². The van der Waals surface area contributed by atoms with E-state index in [9.17, 15) is 18.3 Å². The van der Waals surface area contributed by atoms with Gasteiger partial charge in [0.2, 0.25) is 0 Å². The van der Waals surface area contributed by atoms with Gasteiger partial charge in [-0.3, -0.25) is 0 Å². The summed E-state index contributed by atoms with van der Waals surface area (Å²) < 4.78 is 45.8. The Labute approximate surface area is 121 Å². The van der Waals surface area contributed by atoms with Gasteiger partial charge in [-0.1, -0.05) is 6.07 Å². The standard InChI is InChI=1S/C14H10BrF3O2/c1-20-12-6-11(18)8(15)5-7(12)14(19)13-9(16)3-2-4-10(13)17/h2-6,14,19H,1H3.